The summed E-state index contributed by atoms with van der Waals surface area (Å²) in [5, 5.41) is 10.6. The lowest BCUT2D eigenvalue weighted by atomic mass is 10.1. The predicted octanol–water partition coefficient (Wildman–Crippen LogP) is 23.4. The van der Waals surface area contributed by atoms with Crippen LogP contribution in [-0.4, -0.2) is 96.7 Å². The molecular weight excluding hydrogens is 1350 g/mol. The molecule has 0 aromatic heterocycles. The van der Waals surface area contributed by atoms with E-state index in [1.165, 1.54) is 44.9 Å². The molecule has 0 radical (unpaired) electrons. The lowest BCUT2D eigenvalue weighted by Crippen LogP contribution is -2.30. The van der Waals surface area contributed by atoms with Gasteiger partial charge >= 0.3 is 39.5 Å². The van der Waals surface area contributed by atoms with Crippen LogP contribution in [0.4, 0.5) is 0 Å². The zero-order valence-corrected chi connectivity index (χ0v) is 66.7. The van der Waals surface area contributed by atoms with Crippen LogP contribution in [-0.2, 0) is 65.4 Å². The Morgan fingerprint density at radius 1 is 0.279 bits per heavy atom. The Morgan fingerprint density at radius 2 is 0.510 bits per heavy atom. The zero-order chi connectivity index (χ0) is 76.0. The van der Waals surface area contributed by atoms with E-state index in [1.54, 1.807) is 0 Å². The minimum Gasteiger partial charge on any atom is -0.462 e. The van der Waals surface area contributed by atoms with E-state index in [1.807, 2.05) is 12.2 Å². The van der Waals surface area contributed by atoms with Gasteiger partial charge in [-0.1, -0.05) is 270 Å². The summed E-state index contributed by atoms with van der Waals surface area (Å²) < 4.78 is 68.5. The molecule has 0 heterocycles. The second-order valence-electron chi connectivity index (χ2n) is 26.2. The molecule has 3 N–H and O–H groups in total. The van der Waals surface area contributed by atoms with E-state index in [9.17, 15) is 43.2 Å². The molecule has 0 aromatic rings. The first-order valence-corrected chi connectivity index (χ1v) is 43.1. The van der Waals surface area contributed by atoms with Crippen molar-refractivity contribution in [2.75, 3.05) is 39.6 Å². The summed E-state index contributed by atoms with van der Waals surface area (Å²) in [5.41, 5.74) is 0. The van der Waals surface area contributed by atoms with Crippen LogP contribution < -0.4 is 0 Å². The first kappa shape index (κ1) is 98.9. The van der Waals surface area contributed by atoms with Gasteiger partial charge in [0, 0.05) is 25.7 Å². The average Bonchev–Trinajstić information content (AvgIpc) is 0.917. The Bertz CT molecular complexity index is 2540. The quantitative estimate of drug-likeness (QED) is 0.0169. The molecule has 5 atom stereocenters. The highest BCUT2D eigenvalue weighted by Crippen LogP contribution is 2.45. The van der Waals surface area contributed by atoms with Crippen molar-refractivity contribution in [3.05, 3.63) is 146 Å². The van der Waals surface area contributed by atoms with Gasteiger partial charge in [-0.3, -0.25) is 37.3 Å². The zero-order valence-electron chi connectivity index (χ0n) is 64.9. The molecular formula is C85H142O17P2. The highest BCUT2D eigenvalue weighted by molar-refractivity contribution is 7.47. The van der Waals surface area contributed by atoms with Crippen molar-refractivity contribution in [3.8, 4) is 0 Å². The Hall–Kier alpha value is -5.06. The number of phosphoric acid groups is 2. The largest absolute Gasteiger partial charge is 0.472 e. The van der Waals surface area contributed by atoms with Gasteiger partial charge in [-0.2, -0.15) is 0 Å². The fraction of sp³-hybridized carbons (Fsp3) is 0.671. The number of unbranched alkanes of at least 4 members (excludes halogenated alkanes) is 24. The second kappa shape index (κ2) is 76.1. The number of aliphatic hydroxyl groups is 1. The monoisotopic (exact) mass is 1500 g/mol. The van der Waals surface area contributed by atoms with E-state index in [0.717, 1.165) is 180 Å². The third-order valence-electron chi connectivity index (χ3n) is 16.3. The van der Waals surface area contributed by atoms with Crippen LogP contribution in [0, 0.1) is 0 Å². The van der Waals surface area contributed by atoms with Crippen molar-refractivity contribution in [1.29, 1.82) is 0 Å². The Morgan fingerprint density at radius 3 is 0.837 bits per heavy atom. The standard InChI is InChI=1S/C85H142O17P2/c1-5-9-13-17-21-25-29-33-36-38-39-41-43-47-50-54-58-62-66-70-83(88)96-76-81(102-85(90)72-68-64-60-56-52-48-44-40-37-34-30-26-22-18-14-10-6-2)78-100-104(93,94)98-74-79(86)73-97-103(91,92)99-77-80(101-84(89)71-67-63-59-55-51-45-32-28-24-20-16-12-8-4)75-95-82(87)69-65-61-57-53-49-46-42-35-31-27-23-19-15-11-7-3/h10-11,14-15,21-23,25-28,32-37,39,41-42,44,48,56,60,79-81,86H,5-9,12-13,16-20,24,29-31,38,40,43,45-47,49-55,57-59,61-78H2,1-4H3,(H,91,92)(H,93,94)/b14-10-,15-11-,25-21-,26-22-,27-23-,32-28-,36-33-,37-34-,41-39-,42-35-,48-44-,60-56-. The van der Waals surface area contributed by atoms with Gasteiger partial charge < -0.3 is 33.8 Å². The number of rotatable bonds is 74. The van der Waals surface area contributed by atoms with Crippen LogP contribution in [0.25, 0.3) is 0 Å². The predicted molar refractivity (Wildman–Crippen MR) is 427 cm³/mol. The molecule has 5 unspecified atom stereocenters. The average molecular weight is 1500 g/mol. The van der Waals surface area contributed by atoms with Gasteiger partial charge in [-0.15, -0.1) is 0 Å². The molecule has 0 bridgehead atoms. The summed E-state index contributed by atoms with van der Waals surface area (Å²) in [6.07, 6.45) is 86.9. The molecule has 104 heavy (non-hydrogen) atoms. The van der Waals surface area contributed by atoms with Gasteiger partial charge in [0.25, 0.3) is 0 Å². The third kappa shape index (κ3) is 75.2. The number of carbonyl (C=O) groups is 4. The molecule has 19 heteroatoms. The molecule has 0 fully saturated rings. The summed E-state index contributed by atoms with van der Waals surface area (Å²) in [7, 11) is -9.99. The minimum atomic E-state index is -5.00. The maximum atomic E-state index is 13.1. The summed E-state index contributed by atoms with van der Waals surface area (Å²) in [4.78, 5) is 73.0. The number of hydrogen-bond acceptors (Lipinski definition) is 15. The SMILES string of the molecule is CC/C=C\C/C=C\C/C=C\C/C=C\C/C=C\CCCC(=O)OC(COC(=O)CCCCCCCC/C=C\C/C=C\C/C=C\CCCCC)COP(=O)(O)OCC(O)COP(=O)(O)OCC(COC(=O)CCCCCCC/C=C\C/C=C\C/C=C\CC)OC(=O)CCCCCCC/C=C\CCCCCC. The fourth-order valence-electron chi connectivity index (χ4n) is 10.2. The highest BCUT2D eigenvalue weighted by Gasteiger charge is 2.30. The van der Waals surface area contributed by atoms with Crippen LogP contribution >= 0.6 is 15.6 Å². The normalized spacial score (nSPS) is 14.6. The van der Waals surface area contributed by atoms with Crippen LogP contribution in [0.1, 0.15) is 310 Å². The van der Waals surface area contributed by atoms with Crippen LogP contribution in [0.15, 0.2) is 146 Å². The van der Waals surface area contributed by atoms with Gasteiger partial charge in [0.1, 0.15) is 19.3 Å². The summed E-state index contributed by atoms with van der Waals surface area (Å²) in [5.74, 6) is -2.29. The molecule has 0 rings (SSSR count). The number of aliphatic hydroxyl groups excluding tert-OH is 1. The van der Waals surface area contributed by atoms with E-state index in [-0.39, 0.29) is 25.7 Å². The van der Waals surface area contributed by atoms with Gasteiger partial charge in [-0.25, -0.2) is 9.13 Å². The van der Waals surface area contributed by atoms with E-state index in [4.69, 9.17) is 37.0 Å². The van der Waals surface area contributed by atoms with Gasteiger partial charge in [0.2, 0.25) is 0 Å². The molecule has 0 aliphatic rings. The molecule has 0 saturated carbocycles. The van der Waals surface area contributed by atoms with Crippen LogP contribution in [0.5, 0.6) is 0 Å². The van der Waals surface area contributed by atoms with E-state index in [0.29, 0.717) is 32.1 Å². The Kier molecular flexibility index (Phi) is 72.4. The second-order valence-corrected chi connectivity index (χ2v) is 29.1. The molecule has 594 valence electrons. The molecule has 0 amide bonds. The van der Waals surface area contributed by atoms with Gasteiger partial charge in [-0.05, 0) is 161 Å². The smallest absolute Gasteiger partial charge is 0.462 e. The topological polar surface area (TPSA) is 237 Å². The van der Waals surface area contributed by atoms with Crippen molar-refractivity contribution < 1.29 is 80.2 Å². The fourth-order valence-corrected chi connectivity index (χ4v) is 11.8. The molecule has 0 aromatic carbocycles. The molecule has 17 nitrogen and oxygen atoms in total. The lowest BCUT2D eigenvalue weighted by molar-refractivity contribution is -0.161. The van der Waals surface area contributed by atoms with Gasteiger partial charge in [0.05, 0.1) is 26.4 Å². The summed E-state index contributed by atoms with van der Waals surface area (Å²) in [6.45, 7) is 4.50. The molecule has 0 spiro atoms. The molecule has 0 aliphatic carbocycles. The van der Waals surface area contributed by atoms with E-state index < -0.39 is 97.5 Å². The number of ether oxygens (including phenoxy) is 4. The number of phosphoric ester groups is 2. The number of allylic oxidation sites excluding steroid dienone is 24. The summed E-state index contributed by atoms with van der Waals surface area (Å²) in [6, 6.07) is 0. The Labute approximate surface area is 630 Å². The van der Waals surface area contributed by atoms with Gasteiger partial charge in [0.15, 0.2) is 12.2 Å². The molecule has 0 saturated heterocycles. The first-order valence-electron chi connectivity index (χ1n) is 40.1. The van der Waals surface area contributed by atoms with E-state index in [2.05, 4.69) is 161 Å². The van der Waals surface area contributed by atoms with Crippen molar-refractivity contribution in [3.63, 3.8) is 0 Å². The lowest BCUT2D eigenvalue weighted by Gasteiger charge is -2.21. The van der Waals surface area contributed by atoms with Crippen molar-refractivity contribution >= 4 is 39.5 Å². The number of hydrogen-bond donors (Lipinski definition) is 3. The van der Waals surface area contributed by atoms with Crippen LogP contribution in [0.2, 0.25) is 0 Å². The number of esters is 4. The van der Waals surface area contributed by atoms with Crippen molar-refractivity contribution in [2.24, 2.45) is 0 Å². The van der Waals surface area contributed by atoms with Crippen molar-refractivity contribution in [2.45, 2.75) is 329 Å². The molecule has 0 aliphatic heterocycles. The van der Waals surface area contributed by atoms with Crippen molar-refractivity contribution in [1.82, 2.24) is 0 Å². The number of carbonyl (C=O) groups excluding carboxylic acids is 4. The van der Waals surface area contributed by atoms with Crippen LogP contribution in [0.3, 0.4) is 0 Å². The first-order chi connectivity index (χ1) is 50.7. The maximum absolute atomic E-state index is 13.1. The van der Waals surface area contributed by atoms with E-state index >= 15 is 0 Å². The highest BCUT2D eigenvalue weighted by atomic mass is 31.2. The Balaban J connectivity index is 5.44. The minimum absolute atomic E-state index is 0.00924. The maximum Gasteiger partial charge on any atom is 0.472 e. The summed E-state index contributed by atoms with van der Waals surface area (Å²) >= 11 is 0. The third-order valence-corrected chi connectivity index (χ3v) is 18.2.